The monoisotopic (exact) mass is 306 g/mol. The molecule has 3 nitrogen and oxygen atoms in total. The minimum absolute atomic E-state index is 0.0587. The maximum absolute atomic E-state index is 13.0. The zero-order valence-electron chi connectivity index (χ0n) is 12.1. The van der Waals surface area contributed by atoms with Crippen molar-refractivity contribution in [3.05, 3.63) is 35.1 Å². The molecule has 0 atom stereocenters. The second-order valence-corrected chi connectivity index (χ2v) is 5.37. The summed E-state index contributed by atoms with van der Waals surface area (Å²) in [5.74, 6) is -1.15. The number of amides is 1. The van der Waals surface area contributed by atoms with Crippen LogP contribution in [0.2, 0.25) is 0 Å². The summed E-state index contributed by atoms with van der Waals surface area (Å²) in [5.41, 5.74) is -1.82. The fourth-order valence-corrected chi connectivity index (χ4v) is 1.90. The lowest BCUT2D eigenvalue weighted by atomic mass is 9.92. The van der Waals surface area contributed by atoms with Crippen molar-refractivity contribution in [2.75, 3.05) is 13.6 Å². The van der Waals surface area contributed by atoms with Gasteiger partial charge in [-0.25, -0.2) is 4.39 Å². The van der Waals surface area contributed by atoms with Crippen LogP contribution in [0.15, 0.2) is 18.2 Å². The molecule has 0 fully saturated rings. The van der Waals surface area contributed by atoms with Crippen molar-refractivity contribution in [2.24, 2.45) is 5.41 Å². The maximum Gasteiger partial charge on any atom is 0.416 e. The molecule has 0 aromatic heterocycles. The Morgan fingerprint density at radius 2 is 1.86 bits per heavy atom. The molecule has 0 saturated heterocycles. The van der Waals surface area contributed by atoms with E-state index in [1.54, 1.807) is 13.8 Å². The number of hydrogen-bond donors (Lipinski definition) is 2. The first-order valence-electron chi connectivity index (χ1n) is 6.36. The predicted octanol–water partition coefficient (Wildman–Crippen LogP) is 2.71. The van der Waals surface area contributed by atoms with Crippen molar-refractivity contribution in [3.63, 3.8) is 0 Å². The molecule has 7 heteroatoms. The van der Waals surface area contributed by atoms with E-state index in [4.69, 9.17) is 0 Å². The molecule has 0 radical (unpaired) electrons. The summed E-state index contributed by atoms with van der Waals surface area (Å²) >= 11 is 0. The van der Waals surface area contributed by atoms with Crippen molar-refractivity contribution in [3.8, 4) is 0 Å². The van der Waals surface area contributed by atoms with E-state index in [1.165, 1.54) is 7.05 Å². The van der Waals surface area contributed by atoms with Crippen LogP contribution in [0, 0.1) is 11.2 Å². The van der Waals surface area contributed by atoms with Crippen LogP contribution in [-0.4, -0.2) is 19.5 Å². The van der Waals surface area contributed by atoms with Crippen LogP contribution >= 0.6 is 0 Å². The predicted molar refractivity (Wildman–Crippen MR) is 71.0 cm³/mol. The Bertz CT molecular complexity index is 512. The van der Waals surface area contributed by atoms with Gasteiger partial charge in [-0.05, 0) is 31.5 Å². The van der Waals surface area contributed by atoms with Gasteiger partial charge in [0.05, 0.1) is 11.0 Å². The zero-order chi connectivity index (χ0) is 16.3. The van der Waals surface area contributed by atoms with Gasteiger partial charge in [-0.3, -0.25) is 4.79 Å². The van der Waals surface area contributed by atoms with Crippen LogP contribution < -0.4 is 10.6 Å². The Balaban J connectivity index is 2.79. The molecule has 0 aliphatic rings. The zero-order valence-corrected chi connectivity index (χ0v) is 12.1. The second kappa shape index (κ2) is 6.43. The molecule has 0 bridgehead atoms. The number of benzene rings is 1. The Labute approximate surface area is 120 Å². The number of nitrogens with one attached hydrogen (secondary N) is 2. The van der Waals surface area contributed by atoms with E-state index in [9.17, 15) is 22.4 Å². The summed E-state index contributed by atoms with van der Waals surface area (Å²) in [6.07, 6.45) is -4.62. The lowest BCUT2D eigenvalue weighted by Gasteiger charge is -2.23. The summed E-state index contributed by atoms with van der Waals surface area (Å²) in [5, 5.41) is 5.29. The molecule has 1 amide bonds. The third-order valence-electron chi connectivity index (χ3n) is 3.10. The molecule has 0 saturated carbocycles. The van der Waals surface area contributed by atoms with Crippen molar-refractivity contribution >= 4 is 5.91 Å². The third-order valence-corrected chi connectivity index (χ3v) is 3.10. The van der Waals surface area contributed by atoms with E-state index in [0.29, 0.717) is 6.07 Å². The molecule has 0 unspecified atom stereocenters. The van der Waals surface area contributed by atoms with Crippen molar-refractivity contribution in [1.82, 2.24) is 10.6 Å². The molecule has 2 N–H and O–H groups in total. The van der Waals surface area contributed by atoms with Crippen LogP contribution in [0.4, 0.5) is 17.6 Å². The lowest BCUT2D eigenvalue weighted by Crippen LogP contribution is -2.42. The summed E-state index contributed by atoms with van der Waals surface area (Å²) in [6.45, 7) is 3.44. The lowest BCUT2D eigenvalue weighted by molar-refractivity contribution is -0.138. The number of alkyl halides is 3. The normalized spacial score (nSPS) is 12.3. The highest BCUT2D eigenvalue weighted by atomic mass is 19.4. The van der Waals surface area contributed by atoms with Gasteiger partial charge in [0.25, 0.3) is 0 Å². The quantitative estimate of drug-likeness (QED) is 0.821. The molecule has 1 aromatic carbocycles. The van der Waals surface area contributed by atoms with Gasteiger partial charge in [-0.1, -0.05) is 6.07 Å². The molecule has 0 spiro atoms. The van der Waals surface area contributed by atoms with Gasteiger partial charge in [-0.15, -0.1) is 0 Å². The Kier molecular flexibility index (Phi) is 5.33. The number of hydrogen-bond acceptors (Lipinski definition) is 2. The van der Waals surface area contributed by atoms with E-state index in [1.807, 2.05) is 0 Å². The highest BCUT2D eigenvalue weighted by molar-refractivity contribution is 5.81. The van der Waals surface area contributed by atoms with Gasteiger partial charge in [0.15, 0.2) is 0 Å². The van der Waals surface area contributed by atoms with Gasteiger partial charge < -0.3 is 10.6 Å². The van der Waals surface area contributed by atoms with Crippen LogP contribution in [0.25, 0.3) is 0 Å². The van der Waals surface area contributed by atoms with Crippen LogP contribution in [0.5, 0.6) is 0 Å². The molecule has 0 aliphatic carbocycles. The van der Waals surface area contributed by atoms with Gasteiger partial charge in [0, 0.05) is 20.1 Å². The highest BCUT2D eigenvalue weighted by Gasteiger charge is 2.34. The van der Waals surface area contributed by atoms with E-state index >= 15 is 0 Å². The Morgan fingerprint density at radius 3 is 2.38 bits per heavy atom. The first-order chi connectivity index (χ1) is 9.58. The highest BCUT2D eigenvalue weighted by Crippen LogP contribution is 2.32. The molecule has 1 rings (SSSR count). The smallest absolute Gasteiger partial charge is 0.359 e. The Morgan fingerprint density at radius 1 is 1.24 bits per heavy atom. The van der Waals surface area contributed by atoms with Gasteiger partial charge in [-0.2, -0.15) is 13.2 Å². The maximum atomic E-state index is 13.0. The van der Waals surface area contributed by atoms with Crippen LogP contribution in [-0.2, 0) is 17.5 Å². The standard InChI is InChI=1S/C14H18F4N2O/c1-13(2,12(21)19-3)8-20-7-9-4-5-10(15)6-11(9)14(16,17)18/h4-6,20H,7-8H2,1-3H3,(H,19,21). The largest absolute Gasteiger partial charge is 0.416 e. The second-order valence-electron chi connectivity index (χ2n) is 5.37. The number of rotatable bonds is 5. The van der Waals surface area contributed by atoms with Crippen LogP contribution in [0.3, 0.4) is 0 Å². The van der Waals surface area contributed by atoms with E-state index in [0.717, 1.165) is 12.1 Å². The van der Waals surface area contributed by atoms with Gasteiger partial charge in [0.1, 0.15) is 5.82 Å². The van der Waals surface area contributed by atoms with E-state index in [2.05, 4.69) is 10.6 Å². The topological polar surface area (TPSA) is 41.1 Å². The molecule has 118 valence electrons. The van der Waals surface area contributed by atoms with Crippen LogP contribution in [0.1, 0.15) is 25.0 Å². The first kappa shape index (κ1) is 17.4. The van der Waals surface area contributed by atoms with E-state index in [-0.39, 0.29) is 24.6 Å². The number of halogens is 4. The molecule has 21 heavy (non-hydrogen) atoms. The summed E-state index contributed by atoms with van der Waals surface area (Å²) in [6, 6.07) is 2.55. The average molecular weight is 306 g/mol. The fourth-order valence-electron chi connectivity index (χ4n) is 1.90. The minimum atomic E-state index is -4.62. The number of carbonyl (C=O) groups excluding carboxylic acids is 1. The molecular weight excluding hydrogens is 288 g/mol. The molecule has 0 aliphatic heterocycles. The van der Waals surface area contributed by atoms with E-state index < -0.39 is 23.0 Å². The molecular formula is C14H18F4N2O. The van der Waals surface area contributed by atoms with Gasteiger partial charge in [0.2, 0.25) is 5.91 Å². The Hall–Kier alpha value is -1.63. The van der Waals surface area contributed by atoms with Crippen molar-refractivity contribution < 1.29 is 22.4 Å². The minimum Gasteiger partial charge on any atom is -0.359 e. The SMILES string of the molecule is CNC(=O)C(C)(C)CNCc1ccc(F)cc1C(F)(F)F. The summed E-state index contributed by atoms with van der Waals surface area (Å²) in [7, 11) is 1.49. The third kappa shape index (κ3) is 4.70. The van der Waals surface area contributed by atoms with Crippen molar-refractivity contribution in [2.45, 2.75) is 26.6 Å². The summed E-state index contributed by atoms with van der Waals surface area (Å²) in [4.78, 5) is 11.6. The fraction of sp³-hybridized carbons (Fsp3) is 0.500. The average Bonchev–Trinajstić information content (AvgIpc) is 2.38. The molecule has 0 heterocycles. The summed E-state index contributed by atoms with van der Waals surface area (Å²) < 4.78 is 51.4. The van der Waals surface area contributed by atoms with Crippen molar-refractivity contribution in [1.29, 1.82) is 0 Å². The van der Waals surface area contributed by atoms with Gasteiger partial charge >= 0.3 is 6.18 Å². The first-order valence-corrected chi connectivity index (χ1v) is 6.36. The number of carbonyl (C=O) groups is 1. The molecule has 1 aromatic rings.